The summed E-state index contributed by atoms with van der Waals surface area (Å²) in [6.45, 7) is 6.96. The Morgan fingerprint density at radius 1 is 1.09 bits per heavy atom. The molecule has 3 aliphatic rings. The summed E-state index contributed by atoms with van der Waals surface area (Å²) < 4.78 is 65.6. The molecule has 3 fully saturated rings. The maximum Gasteiger partial charge on any atom is 0.319 e. The molecule has 7 rings (SSSR count). The van der Waals surface area contributed by atoms with Crippen LogP contribution in [0, 0.1) is 11.6 Å². The lowest BCUT2D eigenvalue weighted by molar-refractivity contribution is -0.129. The summed E-state index contributed by atoms with van der Waals surface area (Å²) in [6.07, 6.45) is 1.10. The number of anilines is 1. The van der Waals surface area contributed by atoms with Crippen molar-refractivity contribution >= 4 is 45.0 Å². The van der Waals surface area contributed by atoms with Crippen LogP contribution in [0.25, 0.3) is 32.8 Å². The number of nitrogens with zero attached hydrogens (tertiary/aromatic N) is 5. The van der Waals surface area contributed by atoms with Gasteiger partial charge in [-0.1, -0.05) is 48.5 Å². The first-order valence-electron chi connectivity index (χ1n) is 15.4. The van der Waals surface area contributed by atoms with Gasteiger partial charge in [-0.05, 0) is 49.4 Å². The van der Waals surface area contributed by atoms with Crippen LogP contribution in [0.3, 0.4) is 0 Å². The summed E-state index contributed by atoms with van der Waals surface area (Å²) in [5, 5.41) is 1.31. The molecule has 0 spiro atoms. The van der Waals surface area contributed by atoms with Crippen LogP contribution in [0.5, 0.6) is 6.01 Å². The van der Waals surface area contributed by atoms with Crippen LogP contribution in [-0.2, 0) is 4.79 Å². The zero-order valence-electron chi connectivity index (χ0n) is 25.2. The number of piperazine rings is 1. The zero-order valence-corrected chi connectivity index (χ0v) is 26.0. The third-order valence-electron chi connectivity index (χ3n) is 9.64. The number of halogens is 5. The van der Waals surface area contributed by atoms with Crippen molar-refractivity contribution < 1.29 is 27.1 Å². The Kier molecular flexibility index (Phi) is 7.79. The fourth-order valence-corrected chi connectivity index (χ4v) is 7.70. The Bertz CT molecular complexity index is 1890. The molecule has 1 aromatic heterocycles. The molecule has 3 atom stereocenters. The first kappa shape index (κ1) is 30.7. The molecule has 0 unspecified atom stereocenters. The molecule has 4 aromatic rings. The largest absolute Gasteiger partial charge is 0.461 e. The van der Waals surface area contributed by atoms with Crippen molar-refractivity contribution in [3.63, 3.8) is 0 Å². The molecule has 1 amide bonds. The van der Waals surface area contributed by atoms with Crippen molar-refractivity contribution in [2.75, 3.05) is 44.2 Å². The first-order valence-corrected chi connectivity index (χ1v) is 15.7. The monoisotopic (exact) mass is 653 g/mol. The van der Waals surface area contributed by atoms with Gasteiger partial charge < -0.3 is 14.5 Å². The highest BCUT2D eigenvalue weighted by molar-refractivity contribution is 6.37. The van der Waals surface area contributed by atoms with Gasteiger partial charge >= 0.3 is 6.01 Å². The fourth-order valence-electron chi connectivity index (χ4n) is 7.43. The normalized spacial score (nSPS) is 23.3. The lowest BCUT2D eigenvalue weighted by Gasteiger charge is -2.40. The molecular formula is C34H32ClF4N5O2. The molecular weight excluding hydrogens is 622 g/mol. The van der Waals surface area contributed by atoms with Crippen LogP contribution < -0.4 is 9.64 Å². The highest BCUT2D eigenvalue weighted by atomic mass is 35.5. The van der Waals surface area contributed by atoms with Gasteiger partial charge in [0.25, 0.3) is 5.91 Å². The van der Waals surface area contributed by atoms with E-state index in [9.17, 15) is 18.0 Å². The number of alkyl halides is 1. The SMILES string of the molecule is C=C(F)C(=O)N1CCN(c2nc(OC[C@@]34CCCN3C[C@H](F)C4)nc3c(F)c(-c4cccc5ccc(F)c(Cl)c45)ccc23)[C@@H](C)C1. The van der Waals surface area contributed by atoms with Crippen LogP contribution in [0.15, 0.2) is 54.9 Å². The molecule has 3 saturated heterocycles. The number of ether oxygens (including phenoxy) is 1. The summed E-state index contributed by atoms with van der Waals surface area (Å²) in [5.74, 6) is -2.70. The first-order chi connectivity index (χ1) is 22.1. The summed E-state index contributed by atoms with van der Waals surface area (Å²) in [4.78, 5) is 27.0. The average molecular weight is 654 g/mol. The minimum absolute atomic E-state index is 0.0135. The molecule has 0 radical (unpaired) electrons. The third kappa shape index (κ3) is 5.13. The summed E-state index contributed by atoms with van der Waals surface area (Å²) in [5.41, 5.74) is 0.0791. The number of carbonyl (C=O) groups excluding carboxylic acids is 1. The second kappa shape index (κ2) is 11.7. The van der Waals surface area contributed by atoms with Crippen molar-refractivity contribution in [2.24, 2.45) is 0 Å². The van der Waals surface area contributed by atoms with Gasteiger partial charge in [0.05, 0.1) is 10.6 Å². The van der Waals surface area contributed by atoms with Crippen molar-refractivity contribution in [1.29, 1.82) is 0 Å². The Morgan fingerprint density at radius 3 is 2.70 bits per heavy atom. The quantitative estimate of drug-likeness (QED) is 0.168. The van der Waals surface area contributed by atoms with E-state index in [0.29, 0.717) is 40.5 Å². The highest BCUT2D eigenvalue weighted by Gasteiger charge is 2.49. The van der Waals surface area contributed by atoms with Crippen LogP contribution in [0.2, 0.25) is 5.02 Å². The van der Waals surface area contributed by atoms with E-state index in [-0.39, 0.29) is 54.4 Å². The van der Waals surface area contributed by atoms with Gasteiger partial charge in [0, 0.05) is 55.0 Å². The van der Waals surface area contributed by atoms with Crippen LogP contribution in [0.1, 0.15) is 26.2 Å². The van der Waals surface area contributed by atoms with Crippen LogP contribution in [0.4, 0.5) is 23.4 Å². The molecule has 4 heterocycles. The van der Waals surface area contributed by atoms with Crippen molar-refractivity contribution in [3.8, 4) is 17.1 Å². The van der Waals surface area contributed by atoms with Gasteiger partial charge in [0.2, 0.25) is 0 Å². The van der Waals surface area contributed by atoms with E-state index in [1.54, 1.807) is 36.4 Å². The van der Waals surface area contributed by atoms with Gasteiger partial charge in [-0.2, -0.15) is 9.97 Å². The summed E-state index contributed by atoms with van der Waals surface area (Å²) in [6, 6.07) is 11.0. The van der Waals surface area contributed by atoms with E-state index >= 15 is 4.39 Å². The third-order valence-corrected chi connectivity index (χ3v) is 10.0. The van der Waals surface area contributed by atoms with Crippen LogP contribution in [-0.4, -0.2) is 82.8 Å². The number of aromatic nitrogens is 2. The minimum atomic E-state index is -1.03. The predicted molar refractivity (Wildman–Crippen MR) is 170 cm³/mol. The standard InChI is InChI=1S/C34H32ClF4N5O2/c1-19-16-42(32(45)20(2)36)13-14-44(19)31-25-9-8-24(23-6-3-5-21-7-10-26(38)28(35)27(21)23)29(39)30(25)40-33(41-31)46-18-34-11-4-12-43(34)17-22(37)15-34/h3,5-10,19,22H,2,4,11-18H2,1H3/t19-,22+,34-/m0/s1. The molecule has 240 valence electrons. The molecule has 0 saturated carbocycles. The molecule has 3 aromatic carbocycles. The molecule has 0 bridgehead atoms. The Labute approximate surface area is 268 Å². The van der Waals surface area contributed by atoms with E-state index in [4.69, 9.17) is 21.3 Å². The topological polar surface area (TPSA) is 61.8 Å². The average Bonchev–Trinajstić information content (AvgIpc) is 3.57. The molecule has 46 heavy (non-hydrogen) atoms. The molecule has 0 aliphatic carbocycles. The molecule has 3 aliphatic heterocycles. The second-order valence-corrected chi connectivity index (χ2v) is 12.9. The van der Waals surface area contributed by atoms with Crippen molar-refractivity contribution in [2.45, 2.75) is 43.9 Å². The zero-order chi connectivity index (χ0) is 32.3. The summed E-state index contributed by atoms with van der Waals surface area (Å²) in [7, 11) is 0. The molecule has 12 heteroatoms. The Morgan fingerprint density at radius 2 is 1.91 bits per heavy atom. The van der Waals surface area contributed by atoms with Gasteiger partial charge in [-0.25, -0.2) is 17.6 Å². The second-order valence-electron chi connectivity index (χ2n) is 12.5. The number of hydrogen-bond donors (Lipinski definition) is 0. The van der Waals surface area contributed by atoms with Crippen LogP contribution >= 0.6 is 11.6 Å². The maximum atomic E-state index is 16.7. The van der Waals surface area contributed by atoms with E-state index in [1.807, 2.05) is 11.8 Å². The number of hydrogen-bond acceptors (Lipinski definition) is 6. The fraction of sp³-hybridized carbons (Fsp3) is 0.382. The minimum Gasteiger partial charge on any atom is -0.461 e. The van der Waals surface area contributed by atoms with E-state index < -0.39 is 35.1 Å². The van der Waals surface area contributed by atoms with Gasteiger partial charge in [0.15, 0.2) is 11.6 Å². The lowest BCUT2D eigenvalue weighted by atomic mass is 9.95. The Balaban J connectivity index is 1.33. The summed E-state index contributed by atoms with van der Waals surface area (Å²) >= 11 is 6.39. The van der Waals surface area contributed by atoms with Crippen molar-refractivity contribution in [3.05, 3.63) is 71.5 Å². The number of fused-ring (bicyclic) bond motifs is 3. The smallest absolute Gasteiger partial charge is 0.319 e. The van der Waals surface area contributed by atoms with E-state index in [2.05, 4.69) is 16.5 Å². The number of rotatable bonds is 6. The number of amides is 1. The van der Waals surface area contributed by atoms with E-state index in [1.165, 1.54) is 11.0 Å². The van der Waals surface area contributed by atoms with Gasteiger partial charge in [-0.15, -0.1) is 0 Å². The van der Waals surface area contributed by atoms with Gasteiger partial charge in [0.1, 0.15) is 29.9 Å². The molecule has 7 nitrogen and oxygen atoms in total. The van der Waals surface area contributed by atoms with Crippen molar-refractivity contribution in [1.82, 2.24) is 19.8 Å². The Hall–Kier alpha value is -3.96. The lowest BCUT2D eigenvalue weighted by Crippen LogP contribution is -2.54. The highest BCUT2D eigenvalue weighted by Crippen LogP contribution is 2.42. The van der Waals surface area contributed by atoms with E-state index in [0.717, 1.165) is 19.4 Å². The predicted octanol–water partition coefficient (Wildman–Crippen LogP) is 6.86. The van der Waals surface area contributed by atoms with Gasteiger partial charge in [-0.3, -0.25) is 9.69 Å². The maximum absolute atomic E-state index is 16.7. The molecule has 0 N–H and O–H groups in total. The number of carbonyl (C=O) groups is 1. The number of benzene rings is 3.